The zero-order valence-corrected chi connectivity index (χ0v) is 13.3. The van der Waals surface area contributed by atoms with Gasteiger partial charge < -0.3 is 14.2 Å². The highest BCUT2D eigenvalue weighted by Crippen LogP contribution is 2.24. The van der Waals surface area contributed by atoms with Crippen LogP contribution in [0, 0.1) is 0 Å². The number of anilines is 1. The molecule has 0 unspecified atom stereocenters. The van der Waals surface area contributed by atoms with Crippen LogP contribution < -0.4 is 5.32 Å². The van der Waals surface area contributed by atoms with Gasteiger partial charge in [0.05, 0.1) is 23.6 Å². The van der Waals surface area contributed by atoms with Gasteiger partial charge in [0.1, 0.15) is 0 Å². The summed E-state index contributed by atoms with van der Waals surface area (Å²) in [6.45, 7) is 0. The van der Waals surface area contributed by atoms with Gasteiger partial charge in [-0.25, -0.2) is 14.5 Å². The number of carbonyl (C=O) groups excluding carboxylic acids is 1. The standard InChI is InChI=1S/C18H11N5O3/c24-18(14-8-4-10-26-14)21-16-17-20-15(13-7-3-9-25-13)22-23(17)12-6-2-1-5-11(12)19-16/h1-10H,(H,19,21,24). The first-order valence-corrected chi connectivity index (χ1v) is 7.84. The lowest BCUT2D eigenvalue weighted by molar-refractivity contribution is 0.0996. The summed E-state index contributed by atoms with van der Waals surface area (Å²) in [7, 11) is 0. The van der Waals surface area contributed by atoms with Crippen LogP contribution in [0.2, 0.25) is 0 Å². The molecule has 126 valence electrons. The smallest absolute Gasteiger partial charge is 0.292 e. The Morgan fingerprint density at radius 1 is 0.962 bits per heavy atom. The van der Waals surface area contributed by atoms with Crippen LogP contribution in [0.5, 0.6) is 0 Å². The first kappa shape index (κ1) is 14.4. The first-order chi connectivity index (χ1) is 12.8. The molecule has 0 atom stereocenters. The van der Waals surface area contributed by atoms with Crippen LogP contribution in [-0.4, -0.2) is 25.5 Å². The van der Waals surface area contributed by atoms with Gasteiger partial charge in [0.2, 0.25) is 5.82 Å². The van der Waals surface area contributed by atoms with E-state index in [1.54, 1.807) is 35.0 Å². The fourth-order valence-electron chi connectivity index (χ4n) is 2.71. The summed E-state index contributed by atoms with van der Waals surface area (Å²) in [5, 5.41) is 7.25. The Morgan fingerprint density at radius 2 is 1.81 bits per heavy atom. The Morgan fingerprint density at radius 3 is 2.62 bits per heavy atom. The lowest BCUT2D eigenvalue weighted by atomic mass is 10.3. The van der Waals surface area contributed by atoms with E-state index in [2.05, 4.69) is 20.4 Å². The second kappa shape index (κ2) is 5.55. The molecule has 0 fully saturated rings. The average Bonchev–Trinajstić information content (AvgIpc) is 3.42. The van der Waals surface area contributed by atoms with Crippen molar-refractivity contribution in [3.8, 4) is 11.6 Å². The Hall–Kier alpha value is -3.94. The zero-order valence-electron chi connectivity index (χ0n) is 13.3. The van der Waals surface area contributed by atoms with Gasteiger partial charge in [-0.05, 0) is 36.4 Å². The van der Waals surface area contributed by atoms with Crippen molar-refractivity contribution in [1.29, 1.82) is 0 Å². The minimum atomic E-state index is -0.415. The number of hydrogen-bond acceptors (Lipinski definition) is 6. The highest BCUT2D eigenvalue weighted by atomic mass is 16.3. The largest absolute Gasteiger partial charge is 0.461 e. The third-order valence-electron chi connectivity index (χ3n) is 3.88. The van der Waals surface area contributed by atoms with Crippen molar-refractivity contribution < 1.29 is 13.6 Å². The molecule has 5 aromatic rings. The van der Waals surface area contributed by atoms with Crippen LogP contribution in [0.15, 0.2) is 69.9 Å². The van der Waals surface area contributed by atoms with Crippen molar-refractivity contribution in [2.75, 3.05) is 5.32 Å². The third-order valence-corrected chi connectivity index (χ3v) is 3.88. The van der Waals surface area contributed by atoms with E-state index in [9.17, 15) is 4.79 Å². The fourth-order valence-corrected chi connectivity index (χ4v) is 2.71. The van der Waals surface area contributed by atoms with E-state index in [0.717, 1.165) is 5.52 Å². The van der Waals surface area contributed by atoms with Gasteiger partial charge in [-0.15, -0.1) is 5.10 Å². The van der Waals surface area contributed by atoms with Crippen LogP contribution >= 0.6 is 0 Å². The van der Waals surface area contributed by atoms with E-state index in [0.29, 0.717) is 22.7 Å². The number of fused-ring (bicyclic) bond motifs is 3. The highest BCUT2D eigenvalue weighted by molar-refractivity contribution is 6.04. The Bertz CT molecular complexity index is 1220. The van der Waals surface area contributed by atoms with Gasteiger partial charge in [-0.3, -0.25) is 4.79 Å². The maximum Gasteiger partial charge on any atom is 0.292 e. The van der Waals surface area contributed by atoms with Crippen molar-refractivity contribution in [1.82, 2.24) is 19.6 Å². The van der Waals surface area contributed by atoms with Gasteiger partial charge in [0.25, 0.3) is 5.91 Å². The molecule has 0 radical (unpaired) electrons. The second-order valence-corrected chi connectivity index (χ2v) is 5.53. The SMILES string of the molecule is O=C(Nc1nc2ccccc2n2nc(-c3ccco3)nc12)c1ccco1. The minimum Gasteiger partial charge on any atom is -0.461 e. The van der Waals surface area contributed by atoms with Crippen LogP contribution in [0.4, 0.5) is 5.82 Å². The number of para-hydroxylation sites is 2. The summed E-state index contributed by atoms with van der Waals surface area (Å²) in [5.74, 6) is 0.990. The van der Waals surface area contributed by atoms with Gasteiger partial charge in [-0.1, -0.05) is 12.1 Å². The molecule has 4 aromatic heterocycles. The van der Waals surface area contributed by atoms with Crippen LogP contribution in [0.25, 0.3) is 28.3 Å². The maximum atomic E-state index is 12.4. The van der Waals surface area contributed by atoms with Crippen molar-refractivity contribution in [3.05, 3.63) is 66.8 Å². The normalized spacial score (nSPS) is 11.2. The molecular formula is C18H11N5O3. The predicted molar refractivity (Wildman–Crippen MR) is 92.7 cm³/mol. The molecule has 5 rings (SSSR count). The van der Waals surface area contributed by atoms with Gasteiger partial charge in [-0.2, -0.15) is 0 Å². The molecule has 1 aromatic carbocycles. The number of carbonyl (C=O) groups is 1. The second-order valence-electron chi connectivity index (χ2n) is 5.53. The summed E-state index contributed by atoms with van der Waals surface area (Å²) < 4.78 is 12.2. The minimum absolute atomic E-state index is 0.184. The number of rotatable bonds is 3. The van der Waals surface area contributed by atoms with Crippen LogP contribution in [0.1, 0.15) is 10.6 Å². The number of hydrogen-bond donors (Lipinski definition) is 1. The fraction of sp³-hybridized carbons (Fsp3) is 0. The maximum absolute atomic E-state index is 12.4. The first-order valence-electron chi connectivity index (χ1n) is 7.84. The predicted octanol–water partition coefficient (Wildman–Crippen LogP) is 3.38. The van der Waals surface area contributed by atoms with E-state index in [1.807, 2.05) is 24.3 Å². The number of nitrogens with zero attached hydrogens (tertiary/aromatic N) is 4. The van der Waals surface area contributed by atoms with E-state index in [1.165, 1.54) is 6.26 Å². The van der Waals surface area contributed by atoms with Crippen molar-refractivity contribution >= 4 is 28.4 Å². The van der Waals surface area contributed by atoms with Gasteiger partial charge >= 0.3 is 0 Å². The molecule has 4 heterocycles. The lowest BCUT2D eigenvalue weighted by Gasteiger charge is -2.06. The zero-order chi connectivity index (χ0) is 17.5. The summed E-state index contributed by atoms with van der Waals surface area (Å²) in [4.78, 5) is 21.4. The summed E-state index contributed by atoms with van der Waals surface area (Å²) in [6, 6.07) is 14.2. The highest BCUT2D eigenvalue weighted by Gasteiger charge is 2.18. The Labute approximate surface area is 146 Å². The molecular weight excluding hydrogens is 334 g/mol. The van der Waals surface area contributed by atoms with E-state index >= 15 is 0 Å². The number of benzene rings is 1. The molecule has 1 N–H and O–H groups in total. The number of amides is 1. The van der Waals surface area contributed by atoms with Gasteiger partial charge in [0.15, 0.2) is 23.0 Å². The van der Waals surface area contributed by atoms with Crippen molar-refractivity contribution in [2.45, 2.75) is 0 Å². The number of furan rings is 2. The van der Waals surface area contributed by atoms with Crippen LogP contribution in [0.3, 0.4) is 0 Å². The summed E-state index contributed by atoms with van der Waals surface area (Å²) >= 11 is 0. The molecule has 0 saturated heterocycles. The molecule has 1 amide bonds. The Kier molecular flexibility index (Phi) is 3.08. The molecule has 8 nitrogen and oxygen atoms in total. The average molecular weight is 345 g/mol. The molecule has 0 aliphatic heterocycles. The van der Waals surface area contributed by atoms with Gasteiger partial charge in [0, 0.05) is 0 Å². The Balaban J connectivity index is 1.71. The molecule has 0 saturated carbocycles. The summed E-state index contributed by atoms with van der Waals surface area (Å²) in [5.41, 5.74) is 1.85. The molecule has 26 heavy (non-hydrogen) atoms. The quantitative estimate of drug-likeness (QED) is 0.538. The number of aromatic nitrogens is 4. The molecule has 8 heteroatoms. The van der Waals surface area contributed by atoms with Crippen molar-refractivity contribution in [2.24, 2.45) is 0 Å². The van der Waals surface area contributed by atoms with E-state index in [4.69, 9.17) is 8.83 Å². The lowest BCUT2D eigenvalue weighted by Crippen LogP contribution is -2.13. The monoisotopic (exact) mass is 345 g/mol. The molecule has 0 spiro atoms. The van der Waals surface area contributed by atoms with E-state index in [-0.39, 0.29) is 11.6 Å². The molecule has 0 bridgehead atoms. The number of nitrogens with one attached hydrogen (secondary N) is 1. The third kappa shape index (κ3) is 2.24. The summed E-state index contributed by atoms with van der Waals surface area (Å²) in [6.07, 6.45) is 2.99. The molecule has 0 aliphatic carbocycles. The van der Waals surface area contributed by atoms with Crippen molar-refractivity contribution in [3.63, 3.8) is 0 Å². The van der Waals surface area contributed by atoms with E-state index < -0.39 is 5.91 Å². The molecule has 0 aliphatic rings. The topological polar surface area (TPSA) is 98.5 Å². The van der Waals surface area contributed by atoms with Crippen LogP contribution in [-0.2, 0) is 0 Å².